The summed E-state index contributed by atoms with van der Waals surface area (Å²) >= 11 is 0. The van der Waals surface area contributed by atoms with Crippen LogP contribution in [0.2, 0.25) is 0 Å². The van der Waals surface area contributed by atoms with Gasteiger partial charge in [-0.2, -0.15) is 0 Å². The third-order valence-corrected chi connectivity index (χ3v) is 4.91. The SMILES string of the molecule is CCCNC(C)(CCN(C)C1CCCCC1C)C(N)=O. The van der Waals surface area contributed by atoms with E-state index in [4.69, 9.17) is 5.73 Å². The third-order valence-electron chi connectivity index (χ3n) is 4.91. The molecule has 20 heavy (non-hydrogen) atoms. The average molecular weight is 283 g/mol. The van der Waals surface area contributed by atoms with Gasteiger partial charge in [-0.1, -0.05) is 26.7 Å². The van der Waals surface area contributed by atoms with Crippen LogP contribution in [0.5, 0.6) is 0 Å². The summed E-state index contributed by atoms with van der Waals surface area (Å²) in [6.45, 7) is 8.14. The van der Waals surface area contributed by atoms with Crippen molar-refractivity contribution in [3.63, 3.8) is 0 Å². The fourth-order valence-electron chi connectivity index (χ4n) is 3.22. The van der Waals surface area contributed by atoms with Gasteiger partial charge in [0.25, 0.3) is 0 Å². The predicted molar refractivity (Wildman–Crippen MR) is 84.6 cm³/mol. The van der Waals surface area contributed by atoms with Crippen molar-refractivity contribution in [2.45, 2.75) is 70.9 Å². The highest BCUT2D eigenvalue weighted by atomic mass is 16.1. The summed E-state index contributed by atoms with van der Waals surface area (Å²) < 4.78 is 0. The first kappa shape index (κ1) is 17.4. The molecule has 0 radical (unpaired) electrons. The lowest BCUT2D eigenvalue weighted by molar-refractivity contribution is -0.124. The number of hydrogen-bond acceptors (Lipinski definition) is 3. The lowest BCUT2D eigenvalue weighted by Gasteiger charge is -2.38. The summed E-state index contributed by atoms with van der Waals surface area (Å²) in [6.07, 6.45) is 7.10. The summed E-state index contributed by atoms with van der Waals surface area (Å²) in [5, 5.41) is 3.31. The molecule has 1 amide bonds. The van der Waals surface area contributed by atoms with Gasteiger partial charge in [0.05, 0.1) is 5.54 Å². The molecule has 1 saturated carbocycles. The van der Waals surface area contributed by atoms with E-state index in [9.17, 15) is 4.79 Å². The molecule has 1 rings (SSSR count). The highest BCUT2D eigenvalue weighted by Crippen LogP contribution is 2.27. The smallest absolute Gasteiger partial charge is 0.237 e. The largest absolute Gasteiger partial charge is 0.368 e. The van der Waals surface area contributed by atoms with E-state index in [-0.39, 0.29) is 5.91 Å². The molecule has 1 aliphatic carbocycles. The number of nitrogens with two attached hydrogens (primary N) is 1. The minimum atomic E-state index is -0.581. The molecule has 4 heteroatoms. The number of rotatable bonds is 8. The fourth-order valence-corrected chi connectivity index (χ4v) is 3.22. The molecule has 0 aromatic rings. The van der Waals surface area contributed by atoms with Crippen molar-refractivity contribution < 1.29 is 4.79 Å². The molecule has 0 saturated heterocycles. The van der Waals surface area contributed by atoms with Crippen LogP contribution in [0.4, 0.5) is 0 Å². The minimum Gasteiger partial charge on any atom is -0.368 e. The van der Waals surface area contributed by atoms with Crippen molar-refractivity contribution in [2.75, 3.05) is 20.1 Å². The van der Waals surface area contributed by atoms with Gasteiger partial charge < -0.3 is 16.0 Å². The normalized spacial score (nSPS) is 26.4. The molecule has 0 heterocycles. The summed E-state index contributed by atoms with van der Waals surface area (Å²) in [4.78, 5) is 14.2. The second-order valence-electron chi connectivity index (χ2n) is 6.68. The number of nitrogens with zero attached hydrogens (tertiary/aromatic N) is 1. The van der Waals surface area contributed by atoms with Gasteiger partial charge in [-0.15, -0.1) is 0 Å². The zero-order valence-corrected chi connectivity index (χ0v) is 13.7. The van der Waals surface area contributed by atoms with Crippen LogP contribution in [0, 0.1) is 5.92 Å². The van der Waals surface area contributed by atoms with Crippen LogP contribution in [0.25, 0.3) is 0 Å². The highest BCUT2D eigenvalue weighted by molar-refractivity contribution is 5.84. The molecular weight excluding hydrogens is 250 g/mol. The fraction of sp³-hybridized carbons (Fsp3) is 0.938. The van der Waals surface area contributed by atoms with E-state index in [0.29, 0.717) is 6.04 Å². The minimum absolute atomic E-state index is 0.240. The Balaban J connectivity index is 2.51. The Morgan fingerprint density at radius 3 is 2.60 bits per heavy atom. The molecule has 4 nitrogen and oxygen atoms in total. The van der Waals surface area contributed by atoms with Gasteiger partial charge >= 0.3 is 0 Å². The number of carbonyl (C=O) groups is 1. The van der Waals surface area contributed by atoms with Crippen molar-refractivity contribution in [3.8, 4) is 0 Å². The Labute approximate surface area is 124 Å². The van der Waals surface area contributed by atoms with Crippen LogP contribution in [0.3, 0.4) is 0 Å². The summed E-state index contributed by atoms with van der Waals surface area (Å²) in [5.74, 6) is 0.522. The molecule has 0 bridgehead atoms. The number of carbonyl (C=O) groups excluding carboxylic acids is 1. The Hall–Kier alpha value is -0.610. The van der Waals surface area contributed by atoms with Crippen LogP contribution in [0.15, 0.2) is 0 Å². The maximum atomic E-state index is 11.7. The third kappa shape index (κ3) is 4.74. The van der Waals surface area contributed by atoms with E-state index in [1.54, 1.807) is 0 Å². The van der Waals surface area contributed by atoms with Crippen LogP contribution < -0.4 is 11.1 Å². The lowest BCUT2D eigenvalue weighted by Crippen LogP contribution is -2.55. The Morgan fingerprint density at radius 1 is 1.40 bits per heavy atom. The maximum Gasteiger partial charge on any atom is 0.237 e. The predicted octanol–water partition coefficient (Wildman–Crippen LogP) is 2.13. The molecule has 0 aromatic heterocycles. The number of primary amides is 1. The van der Waals surface area contributed by atoms with Gasteiger partial charge in [0.2, 0.25) is 5.91 Å². The van der Waals surface area contributed by atoms with Crippen molar-refractivity contribution >= 4 is 5.91 Å². The van der Waals surface area contributed by atoms with Crippen LogP contribution in [-0.2, 0) is 4.79 Å². The zero-order valence-electron chi connectivity index (χ0n) is 13.7. The van der Waals surface area contributed by atoms with Gasteiger partial charge in [0.1, 0.15) is 0 Å². The van der Waals surface area contributed by atoms with E-state index in [2.05, 4.69) is 31.1 Å². The van der Waals surface area contributed by atoms with Gasteiger partial charge in [-0.05, 0) is 52.1 Å². The summed E-state index contributed by atoms with van der Waals surface area (Å²) in [5.41, 5.74) is 5.00. The molecule has 3 atom stereocenters. The molecular formula is C16H33N3O. The van der Waals surface area contributed by atoms with Crippen LogP contribution in [0.1, 0.15) is 59.3 Å². The monoisotopic (exact) mass is 283 g/mol. The number of nitrogens with one attached hydrogen (secondary N) is 1. The Bertz CT molecular complexity index is 308. The molecule has 3 N–H and O–H groups in total. The first-order valence-corrected chi connectivity index (χ1v) is 8.16. The highest BCUT2D eigenvalue weighted by Gasteiger charge is 2.32. The van der Waals surface area contributed by atoms with E-state index >= 15 is 0 Å². The molecule has 0 aliphatic heterocycles. The van der Waals surface area contributed by atoms with Crippen molar-refractivity contribution in [2.24, 2.45) is 11.7 Å². The maximum absolute atomic E-state index is 11.7. The molecule has 1 fully saturated rings. The van der Waals surface area contributed by atoms with Gasteiger partial charge in [0, 0.05) is 12.6 Å². The molecule has 0 aromatic carbocycles. The average Bonchev–Trinajstić information content (AvgIpc) is 2.43. The standard InChI is InChI=1S/C16H33N3O/c1-5-11-18-16(3,15(17)20)10-12-19(4)14-9-7-6-8-13(14)2/h13-14,18H,5-12H2,1-4H3,(H2,17,20). The number of hydrogen-bond donors (Lipinski definition) is 2. The van der Waals surface area contributed by atoms with E-state index in [0.717, 1.165) is 31.8 Å². The van der Waals surface area contributed by atoms with Crippen molar-refractivity contribution in [3.05, 3.63) is 0 Å². The lowest BCUT2D eigenvalue weighted by atomic mass is 9.84. The first-order valence-electron chi connectivity index (χ1n) is 8.16. The second kappa shape index (κ2) is 7.99. The Kier molecular flexibility index (Phi) is 6.96. The van der Waals surface area contributed by atoms with Gasteiger partial charge in [-0.25, -0.2) is 0 Å². The van der Waals surface area contributed by atoms with E-state index < -0.39 is 5.54 Å². The summed E-state index contributed by atoms with van der Waals surface area (Å²) in [7, 11) is 2.19. The van der Waals surface area contributed by atoms with Gasteiger partial charge in [0.15, 0.2) is 0 Å². The van der Waals surface area contributed by atoms with Crippen LogP contribution >= 0.6 is 0 Å². The van der Waals surface area contributed by atoms with Gasteiger partial charge in [-0.3, -0.25) is 4.79 Å². The first-order chi connectivity index (χ1) is 9.40. The van der Waals surface area contributed by atoms with E-state index in [1.165, 1.54) is 25.7 Å². The van der Waals surface area contributed by atoms with Crippen molar-refractivity contribution in [1.82, 2.24) is 10.2 Å². The molecule has 0 spiro atoms. The second-order valence-corrected chi connectivity index (χ2v) is 6.68. The molecule has 118 valence electrons. The zero-order chi connectivity index (χ0) is 15.2. The summed E-state index contributed by atoms with van der Waals surface area (Å²) in [6, 6.07) is 0.659. The molecule has 1 aliphatic rings. The molecule has 3 unspecified atom stereocenters. The topological polar surface area (TPSA) is 58.4 Å². The quantitative estimate of drug-likeness (QED) is 0.717. The Morgan fingerprint density at radius 2 is 2.05 bits per heavy atom. The van der Waals surface area contributed by atoms with E-state index in [1.807, 2.05) is 6.92 Å². The van der Waals surface area contributed by atoms with Crippen LogP contribution in [-0.4, -0.2) is 42.5 Å². The number of amides is 1. The van der Waals surface area contributed by atoms with Crippen molar-refractivity contribution in [1.29, 1.82) is 0 Å².